The lowest BCUT2D eigenvalue weighted by Gasteiger charge is -2.30. The van der Waals surface area contributed by atoms with Gasteiger partial charge >= 0.3 is 0 Å². The number of hydrogen-bond acceptors (Lipinski definition) is 8. The van der Waals surface area contributed by atoms with Crippen LogP contribution in [-0.2, 0) is 26.1 Å². The van der Waals surface area contributed by atoms with E-state index >= 15 is 0 Å². The molecule has 5 aromatic rings. The fourth-order valence-electron chi connectivity index (χ4n) is 5.09. The Morgan fingerprint density at radius 2 is 1.92 bits per heavy atom. The number of thiophene rings is 1. The lowest BCUT2D eigenvalue weighted by molar-refractivity contribution is 0.157. The van der Waals surface area contributed by atoms with Crippen LogP contribution in [-0.4, -0.2) is 36.9 Å². The number of benzene rings is 2. The molecule has 1 atom stereocenters. The molecule has 9 nitrogen and oxygen atoms in total. The number of aromatic amines is 1. The number of nitrogens with zero attached hydrogens (tertiary/aromatic N) is 5. The summed E-state index contributed by atoms with van der Waals surface area (Å²) in [6.07, 6.45) is 2.65. The highest BCUT2D eigenvalue weighted by molar-refractivity contribution is 7.09. The van der Waals surface area contributed by atoms with E-state index in [-0.39, 0.29) is 18.4 Å². The molecule has 0 fully saturated rings. The van der Waals surface area contributed by atoms with E-state index in [0.717, 1.165) is 36.0 Å². The molecule has 39 heavy (non-hydrogen) atoms. The van der Waals surface area contributed by atoms with Crippen molar-refractivity contribution in [2.75, 3.05) is 6.79 Å². The minimum atomic E-state index is -0.114. The van der Waals surface area contributed by atoms with Crippen molar-refractivity contribution in [2.24, 2.45) is 0 Å². The van der Waals surface area contributed by atoms with Crippen LogP contribution in [0.25, 0.3) is 10.9 Å². The molecule has 0 saturated heterocycles. The van der Waals surface area contributed by atoms with E-state index in [1.165, 1.54) is 10.4 Å². The monoisotopic (exact) mass is 542 g/mol. The first-order valence-electron chi connectivity index (χ1n) is 13.2. The van der Waals surface area contributed by atoms with E-state index in [2.05, 4.69) is 62.0 Å². The lowest BCUT2D eigenvalue weighted by Crippen LogP contribution is -2.32. The quantitative estimate of drug-likeness (QED) is 0.248. The lowest BCUT2D eigenvalue weighted by atomic mass is 10.1. The SMILES string of the molecule is CCC[C@@H](c1nnnn1CCc1ccccc1)N(Cc1cccs1)Cc1cc2cc3c(cc2[nH]c1=O)OCO3. The van der Waals surface area contributed by atoms with Crippen LogP contribution in [0.2, 0.25) is 0 Å². The van der Waals surface area contributed by atoms with Gasteiger partial charge in [0.1, 0.15) is 0 Å². The zero-order valence-electron chi connectivity index (χ0n) is 21.7. The van der Waals surface area contributed by atoms with E-state index in [0.29, 0.717) is 36.7 Å². The second kappa shape index (κ2) is 11.4. The molecule has 6 rings (SSSR count). The van der Waals surface area contributed by atoms with Crippen molar-refractivity contribution in [3.05, 3.63) is 98.2 Å². The highest BCUT2D eigenvalue weighted by atomic mass is 32.1. The zero-order valence-corrected chi connectivity index (χ0v) is 22.6. The molecule has 0 amide bonds. The van der Waals surface area contributed by atoms with Gasteiger partial charge in [-0.15, -0.1) is 16.4 Å². The minimum absolute atomic E-state index is 0.0604. The van der Waals surface area contributed by atoms with Crippen molar-refractivity contribution in [2.45, 2.75) is 51.9 Å². The van der Waals surface area contributed by atoms with E-state index in [9.17, 15) is 4.79 Å². The number of hydrogen-bond donors (Lipinski definition) is 1. The van der Waals surface area contributed by atoms with Gasteiger partial charge in [-0.25, -0.2) is 4.68 Å². The predicted molar refractivity (Wildman–Crippen MR) is 150 cm³/mol. The number of pyridine rings is 1. The van der Waals surface area contributed by atoms with Gasteiger partial charge in [0.15, 0.2) is 17.3 Å². The van der Waals surface area contributed by atoms with Crippen LogP contribution in [0.1, 0.15) is 47.6 Å². The molecule has 10 heteroatoms. The van der Waals surface area contributed by atoms with Crippen LogP contribution in [0.15, 0.2) is 70.8 Å². The molecule has 0 radical (unpaired) electrons. The first-order chi connectivity index (χ1) is 19.2. The Hall–Kier alpha value is -4.02. The van der Waals surface area contributed by atoms with Crippen LogP contribution >= 0.6 is 11.3 Å². The van der Waals surface area contributed by atoms with Crippen LogP contribution in [0.4, 0.5) is 0 Å². The number of aryl methyl sites for hydroxylation is 2. The molecular formula is C29H30N6O3S. The Bertz CT molecular complexity index is 1600. The Morgan fingerprint density at radius 3 is 2.72 bits per heavy atom. The number of fused-ring (bicyclic) bond motifs is 2. The number of H-pyrrole nitrogens is 1. The zero-order chi connectivity index (χ0) is 26.6. The van der Waals surface area contributed by atoms with E-state index in [1.54, 1.807) is 11.3 Å². The Morgan fingerprint density at radius 1 is 1.08 bits per heavy atom. The van der Waals surface area contributed by atoms with Crippen molar-refractivity contribution >= 4 is 22.2 Å². The molecule has 0 aliphatic carbocycles. The van der Waals surface area contributed by atoms with Gasteiger partial charge in [-0.1, -0.05) is 49.7 Å². The summed E-state index contributed by atoms with van der Waals surface area (Å²) in [5.41, 5.74) is 2.54. The number of ether oxygens (including phenoxy) is 2. The van der Waals surface area contributed by atoms with Crippen molar-refractivity contribution < 1.29 is 9.47 Å². The van der Waals surface area contributed by atoms with Crippen LogP contribution in [0.3, 0.4) is 0 Å². The third-order valence-electron chi connectivity index (χ3n) is 7.04. The third kappa shape index (κ3) is 5.57. The van der Waals surface area contributed by atoms with E-state index < -0.39 is 0 Å². The van der Waals surface area contributed by atoms with Gasteiger partial charge in [-0.2, -0.15) is 0 Å². The summed E-state index contributed by atoms with van der Waals surface area (Å²) in [5, 5.41) is 15.9. The van der Waals surface area contributed by atoms with Crippen molar-refractivity contribution in [1.82, 2.24) is 30.1 Å². The number of tetrazole rings is 1. The maximum atomic E-state index is 13.3. The molecule has 3 aromatic heterocycles. The summed E-state index contributed by atoms with van der Waals surface area (Å²) < 4.78 is 13.0. The van der Waals surface area contributed by atoms with E-state index in [4.69, 9.17) is 9.47 Å². The summed E-state index contributed by atoms with van der Waals surface area (Å²) in [5.74, 6) is 2.16. The van der Waals surface area contributed by atoms with Gasteiger partial charge in [0.2, 0.25) is 6.79 Å². The highest BCUT2D eigenvalue weighted by Gasteiger charge is 2.27. The summed E-state index contributed by atoms with van der Waals surface area (Å²) in [7, 11) is 0. The second-order valence-electron chi connectivity index (χ2n) is 9.70. The highest BCUT2D eigenvalue weighted by Crippen LogP contribution is 2.35. The average Bonchev–Trinajstić information content (AvgIpc) is 3.72. The molecule has 1 aliphatic heterocycles. The molecule has 2 aromatic carbocycles. The Balaban J connectivity index is 1.33. The van der Waals surface area contributed by atoms with Crippen molar-refractivity contribution in [3.8, 4) is 11.5 Å². The predicted octanol–water partition coefficient (Wildman–Crippen LogP) is 5.09. The van der Waals surface area contributed by atoms with Crippen molar-refractivity contribution in [1.29, 1.82) is 0 Å². The maximum absolute atomic E-state index is 13.3. The van der Waals surface area contributed by atoms with Gasteiger partial charge in [-0.3, -0.25) is 9.69 Å². The smallest absolute Gasteiger partial charge is 0.252 e. The largest absolute Gasteiger partial charge is 0.454 e. The molecule has 200 valence electrons. The van der Waals surface area contributed by atoms with Gasteiger partial charge in [0.05, 0.1) is 11.6 Å². The molecular weight excluding hydrogens is 512 g/mol. The number of nitrogens with one attached hydrogen (secondary N) is 1. The fraction of sp³-hybridized carbons (Fsp3) is 0.310. The summed E-state index contributed by atoms with van der Waals surface area (Å²) >= 11 is 1.71. The second-order valence-corrected chi connectivity index (χ2v) is 10.7. The summed E-state index contributed by atoms with van der Waals surface area (Å²) in [4.78, 5) is 19.9. The molecule has 1 N–H and O–H groups in total. The van der Waals surface area contributed by atoms with Gasteiger partial charge in [0, 0.05) is 41.5 Å². The Labute approximate surface area is 230 Å². The molecule has 0 saturated carbocycles. The molecule has 0 spiro atoms. The Kier molecular flexibility index (Phi) is 7.38. The molecule has 4 heterocycles. The summed E-state index contributed by atoms with van der Waals surface area (Å²) in [6.45, 7) is 4.18. The molecule has 1 aliphatic rings. The van der Waals surface area contributed by atoms with Gasteiger partial charge in [0.25, 0.3) is 5.56 Å². The van der Waals surface area contributed by atoms with E-state index in [1.807, 2.05) is 41.1 Å². The number of aromatic nitrogens is 5. The average molecular weight is 543 g/mol. The van der Waals surface area contributed by atoms with Crippen LogP contribution < -0.4 is 15.0 Å². The third-order valence-corrected chi connectivity index (χ3v) is 7.90. The number of rotatable bonds is 11. The first kappa shape index (κ1) is 25.3. The van der Waals surface area contributed by atoms with Crippen LogP contribution in [0, 0.1) is 0 Å². The first-order valence-corrected chi connectivity index (χ1v) is 14.1. The summed E-state index contributed by atoms with van der Waals surface area (Å²) in [6, 6.07) is 20.2. The van der Waals surface area contributed by atoms with Crippen molar-refractivity contribution in [3.63, 3.8) is 0 Å². The molecule has 0 unspecified atom stereocenters. The maximum Gasteiger partial charge on any atom is 0.252 e. The molecule has 0 bridgehead atoms. The standard InChI is InChI=1S/C29H30N6O3S/c1-2-7-25(28-31-32-33-35(28)12-11-20-8-4-3-5-9-20)34(18-23-10-6-13-39-23)17-22-14-21-15-26-27(38-19-37-26)16-24(21)30-29(22)36/h3-6,8-10,13-16,25H,2,7,11-12,17-19H2,1H3,(H,30,36)/t25-/m0/s1. The van der Waals surface area contributed by atoms with Gasteiger partial charge < -0.3 is 14.5 Å². The van der Waals surface area contributed by atoms with Crippen LogP contribution in [0.5, 0.6) is 11.5 Å². The normalized spacial score (nSPS) is 13.4. The fourth-order valence-corrected chi connectivity index (χ4v) is 5.82. The topological polar surface area (TPSA) is 98.2 Å². The van der Waals surface area contributed by atoms with Gasteiger partial charge in [-0.05, 0) is 52.4 Å². The minimum Gasteiger partial charge on any atom is -0.454 e.